The van der Waals surface area contributed by atoms with Gasteiger partial charge in [0.15, 0.2) is 0 Å². The molecule has 1 aromatic rings. The van der Waals surface area contributed by atoms with Crippen molar-refractivity contribution in [2.75, 3.05) is 12.8 Å². The zero-order chi connectivity index (χ0) is 10.7. The molecule has 0 saturated carbocycles. The largest absolute Gasteiger partial charge is 0.465 e. The van der Waals surface area contributed by atoms with E-state index in [1.54, 1.807) is 6.07 Å². The summed E-state index contributed by atoms with van der Waals surface area (Å²) in [6, 6.07) is 5.01. The Morgan fingerprint density at radius 2 is 2.29 bits per heavy atom. The number of methoxy groups -OCH3 is 1. The lowest BCUT2D eigenvalue weighted by atomic mass is 10.1. The molecule has 1 rings (SSSR count). The molecule has 0 spiro atoms. The topological polar surface area (TPSA) is 76.1 Å². The van der Waals surface area contributed by atoms with E-state index < -0.39 is 5.97 Å². The summed E-state index contributed by atoms with van der Waals surface area (Å²) in [7, 11) is 1.26. The smallest absolute Gasteiger partial charge is 0.341 e. The summed E-state index contributed by atoms with van der Waals surface area (Å²) in [5.74, 6) is -0.563. The third kappa shape index (κ3) is 1.70. The number of ether oxygens (including phenoxy) is 1. The van der Waals surface area contributed by atoms with Gasteiger partial charge < -0.3 is 10.5 Å². The molecule has 0 aliphatic carbocycles. The summed E-state index contributed by atoms with van der Waals surface area (Å²) < 4.78 is 5.05. The molecule has 0 atom stereocenters. The number of carbonyl (C=O) groups excluding carboxylic acids is 1. The fourth-order valence-corrected chi connectivity index (χ4v) is 1.51. The van der Waals surface area contributed by atoms with Gasteiger partial charge in [-0.2, -0.15) is 5.26 Å². The van der Waals surface area contributed by atoms with Crippen molar-refractivity contribution in [1.82, 2.24) is 0 Å². The average Bonchev–Trinajstić information content (AvgIpc) is 2.18. The third-order valence-electron chi connectivity index (χ3n) is 1.70. The molecule has 72 valence electrons. The first-order chi connectivity index (χ1) is 6.61. The summed E-state index contributed by atoms with van der Waals surface area (Å²) in [6.45, 7) is 0. The second-order valence-electron chi connectivity index (χ2n) is 2.49. The summed E-state index contributed by atoms with van der Waals surface area (Å²) in [5, 5.41) is 8.69. The van der Waals surface area contributed by atoms with E-state index in [0.29, 0.717) is 4.47 Å². The average molecular weight is 255 g/mol. The van der Waals surface area contributed by atoms with Crippen LogP contribution in [0.4, 0.5) is 5.69 Å². The van der Waals surface area contributed by atoms with Crippen LogP contribution in [0.1, 0.15) is 15.9 Å². The minimum atomic E-state index is -0.563. The van der Waals surface area contributed by atoms with Crippen LogP contribution in [-0.4, -0.2) is 13.1 Å². The van der Waals surface area contributed by atoms with Gasteiger partial charge in [0.05, 0.1) is 23.9 Å². The van der Waals surface area contributed by atoms with E-state index in [0.717, 1.165) is 0 Å². The Labute approximate surface area is 89.4 Å². The number of hydrogen-bond donors (Lipinski definition) is 1. The fourth-order valence-electron chi connectivity index (χ4n) is 1.000. The van der Waals surface area contributed by atoms with Crippen molar-refractivity contribution in [2.24, 2.45) is 0 Å². The van der Waals surface area contributed by atoms with Gasteiger partial charge in [-0.1, -0.05) is 0 Å². The molecule has 0 heterocycles. The van der Waals surface area contributed by atoms with Crippen molar-refractivity contribution in [3.63, 3.8) is 0 Å². The van der Waals surface area contributed by atoms with Crippen molar-refractivity contribution in [1.29, 1.82) is 5.26 Å². The highest BCUT2D eigenvalue weighted by atomic mass is 79.9. The summed E-state index contributed by atoms with van der Waals surface area (Å²) >= 11 is 3.16. The van der Waals surface area contributed by atoms with Crippen LogP contribution < -0.4 is 5.73 Å². The van der Waals surface area contributed by atoms with Gasteiger partial charge in [0.25, 0.3) is 0 Å². The van der Waals surface area contributed by atoms with Crippen LogP contribution >= 0.6 is 15.9 Å². The number of rotatable bonds is 1. The van der Waals surface area contributed by atoms with Gasteiger partial charge in [-0.3, -0.25) is 0 Å². The highest BCUT2D eigenvalue weighted by Crippen LogP contribution is 2.26. The molecule has 1 aromatic carbocycles. The molecule has 0 bridgehead atoms. The molecule has 2 N–H and O–H groups in total. The number of anilines is 1. The summed E-state index contributed by atoms with van der Waals surface area (Å²) in [5.41, 5.74) is 6.20. The molecular weight excluding hydrogens is 248 g/mol. The van der Waals surface area contributed by atoms with Crippen molar-refractivity contribution in [3.05, 3.63) is 27.7 Å². The van der Waals surface area contributed by atoms with Crippen molar-refractivity contribution in [2.45, 2.75) is 0 Å². The van der Waals surface area contributed by atoms with Crippen LogP contribution in [0.15, 0.2) is 16.6 Å². The van der Waals surface area contributed by atoms with Gasteiger partial charge in [-0.05, 0) is 28.1 Å². The second kappa shape index (κ2) is 4.11. The van der Waals surface area contributed by atoms with E-state index in [9.17, 15) is 4.79 Å². The number of carbonyl (C=O) groups is 1. The molecule has 4 nitrogen and oxygen atoms in total. The number of nitrogen functional groups attached to an aromatic ring is 1. The normalized spacial score (nSPS) is 9.21. The van der Waals surface area contributed by atoms with Gasteiger partial charge >= 0.3 is 5.97 Å². The Morgan fingerprint density at radius 1 is 1.64 bits per heavy atom. The van der Waals surface area contributed by atoms with E-state index in [2.05, 4.69) is 20.7 Å². The molecule has 0 aromatic heterocycles. The van der Waals surface area contributed by atoms with E-state index in [-0.39, 0.29) is 16.8 Å². The van der Waals surface area contributed by atoms with Crippen molar-refractivity contribution in [3.8, 4) is 6.07 Å². The molecule has 14 heavy (non-hydrogen) atoms. The standard InChI is InChI=1S/C9H7BrN2O2/c1-14-9(13)7-6(10)3-2-5(4-11)8(7)12/h2-3H,12H2,1H3. The monoisotopic (exact) mass is 254 g/mol. The highest BCUT2D eigenvalue weighted by molar-refractivity contribution is 9.10. The third-order valence-corrected chi connectivity index (χ3v) is 2.37. The molecule has 0 unspecified atom stereocenters. The van der Waals surface area contributed by atoms with Crippen LogP contribution in [0.5, 0.6) is 0 Å². The predicted octanol–water partition coefficient (Wildman–Crippen LogP) is 1.69. The maximum absolute atomic E-state index is 11.3. The zero-order valence-corrected chi connectivity index (χ0v) is 8.96. The van der Waals surface area contributed by atoms with Crippen LogP contribution in [-0.2, 0) is 4.74 Å². The SMILES string of the molecule is COC(=O)c1c(Br)ccc(C#N)c1N. The summed E-state index contributed by atoms with van der Waals surface area (Å²) in [4.78, 5) is 11.3. The Hall–Kier alpha value is -1.54. The van der Waals surface area contributed by atoms with Crippen LogP contribution in [0.25, 0.3) is 0 Å². The molecule has 0 aliphatic heterocycles. The quantitative estimate of drug-likeness (QED) is 0.611. The van der Waals surface area contributed by atoms with E-state index in [4.69, 9.17) is 11.0 Å². The molecular formula is C9H7BrN2O2. The predicted molar refractivity (Wildman–Crippen MR) is 54.6 cm³/mol. The van der Waals surface area contributed by atoms with Gasteiger partial charge in [-0.25, -0.2) is 4.79 Å². The van der Waals surface area contributed by atoms with Crippen LogP contribution in [0, 0.1) is 11.3 Å². The first kappa shape index (κ1) is 10.5. The van der Waals surface area contributed by atoms with Gasteiger partial charge in [0, 0.05) is 4.47 Å². The van der Waals surface area contributed by atoms with Crippen molar-refractivity contribution >= 4 is 27.6 Å². The Kier molecular flexibility index (Phi) is 3.10. The fraction of sp³-hybridized carbons (Fsp3) is 0.111. The maximum atomic E-state index is 11.3. The van der Waals surface area contributed by atoms with Crippen LogP contribution in [0.2, 0.25) is 0 Å². The number of nitriles is 1. The first-order valence-corrected chi connectivity index (χ1v) is 4.47. The Morgan fingerprint density at radius 3 is 2.79 bits per heavy atom. The number of esters is 1. The van der Waals surface area contributed by atoms with E-state index in [1.165, 1.54) is 13.2 Å². The van der Waals surface area contributed by atoms with E-state index >= 15 is 0 Å². The number of nitrogens with two attached hydrogens (primary N) is 1. The maximum Gasteiger partial charge on any atom is 0.341 e. The van der Waals surface area contributed by atoms with E-state index in [1.807, 2.05) is 6.07 Å². The minimum Gasteiger partial charge on any atom is -0.465 e. The summed E-state index contributed by atoms with van der Waals surface area (Å²) in [6.07, 6.45) is 0. The lowest BCUT2D eigenvalue weighted by molar-refractivity contribution is 0.0601. The minimum absolute atomic E-state index is 0.133. The number of nitrogens with zero attached hydrogens (tertiary/aromatic N) is 1. The number of hydrogen-bond acceptors (Lipinski definition) is 4. The molecule has 0 aliphatic rings. The lowest BCUT2D eigenvalue weighted by Gasteiger charge is -2.06. The lowest BCUT2D eigenvalue weighted by Crippen LogP contribution is -2.08. The Balaban J connectivity index is 3.42. The molecule has 0 radical (unpaired) electrons. The number of benzene rings is 1. The zero-order valence-electron chi connectivity index (χ0n) is 7.37. The van der Waals surface area contributed by atoms with Gasteiger partial charge in [0.1, 0.15) is 6.07 Å². The van der Waals surface area contributed by atoms with Crippen molar-refractivity contribution < 1.29 is 9.53 Å². The van der Waals surface area contributed by atoms with Gasteiger partial charge in [-0.15, -0.1) is 0 Å². The first-order valence-electron chi connectivity index (χ1n) is 3.68. The molecule has 5 heteroatoms. The van der Waals surface area contributed by atoms with Crippen LogP contribution in [0.3, 0.4) is 0 Å². The van der Waals surface area contributed by atoms with Gasteiger partial charge in [0.2, 0.25) is 0 Å². The Bertz CT molecular complexity index is 424. The second-order valence-corrected chi connectivity index (χ2v) is 3.34. The number of halogens is 1. The molecule has 0 fully saturated rings. The molecule has 0 amide bonds. The highest BCUT2D eigenvalue weighted by Gasteiger charge is 2.16. The molecule has 0 saturated heterocycles.